The first-order valence-electron chi connectivity index (χ1n) is 8.27. The van der Waals surface area contributed by atoms with Crippen LogP contribution in [0.2, 0.25) is 0 Å². The molecule has 0 unspecified atom stereocenters. The molecule has 11 heteroatoms. The van der Waals surface area contributed by atoms with Gasteiger partial charge in [0.25, 0.3) is 0 Å². The van der Waals surface area contributed by atoms with Gasteiger partial charge in [-0.25, -0.2) is 9.37 Å². The number of nitrogens with zero attached hydrogens (tertiary/aromatic N) is 5. The number of nitrogens with one attached hydrogen (secondary N) is 1. The van der Waals surface area contributed by atoms with Gasteiger partial charge in [0.05, 0.1) is 17.1 Å². The van der Waals surface area contributed by atoms with Gasteiger partial charge in [-0.3, -0.25) is 4.79 Å². The SMILES string of the molecule is O=C(CSc1nnnn1-c1ccc(Br)cc1)Nc1nc(-c2ccc(F)cc2)cs1. The number of hydrogen-bond donors (Lipinski definition) is 1. The molecule has 2 aromatic carbocycles. The van der Waals surface area contributed by atoms with Gasteiger partial charge in [-0.1, -0.05) is 27.7 Å². The molecule has 7 nitrogen and oxygen atoms in total. The number of aromatic nitrogens is 5. The zero-order valence-corrected chi connectivity index (χ0v) is 17.8. The molecule has 146 valence electrons. The number of anilines is 1. The van der Waals surface area contributed by atoms with Crippen LogP contribution in [0.3, 0.4) is 0 Å². The summed E-state index contributed by atoms with van der Waals surface area (Å²) in [6.07, 6.45) is 0. The molecule has 0 aliphatic heterocycles. The number of hydrogen-bond acceptors (Lipinski definition) is 7. The van der Waals surface area contributed by atoms with Gasteiger partial charge in [0.1, 0.15) is 5.82 Å². The van der Waals surface area contributed by atoms with Crippen LogP contribution in [0, 0.1) is 5.82 Å². The van der Waals surface area contributed by atoms with Crippen molar-refractivity contribution in [3.63, 3.8) is 0 Å². The molecule has 1 N–H and O–H groups in total. The molecule has 4 aromatic rings. The van der Waals surface area contributed by atoms with Gasteiger partial charge in [-0.2, -0.15) is 4.68 Å². The van der Waals surface area contributed by atoms with E-state index in [0.717, 1.165) is 15.7 Å². The second-order valence-corrected chi connectivity index (χ2v) is 8.45. The van der Waals surface area contributed by atoms with Crippen LogP contribution < -0.4 is 5.32 Å². The van der Waals surface area contributed by atoms with E-state index in [4.69, 9.17) is 0 Å². The van der Waals surface area contributed by atoms with E-state index >= 15 is 0 Å². The van der Waals surface area contributed by atoms with E-state index in [-0.39, 0.29) is 17.5 Å². The molecule has 2 heterocycles. The molecule has 0 saturated heterocycles. The fraction of sp³-hybridized carbons (Fsp3) is 0.0556. The molecule has 0 radical (unpaired) electrons. The third kappa shape index (κ3) is 4.86. The number of benzene rings is 2. The summed E-state index contributed by atoms with van der Waals surface area (Å²) in [4.78, 5) is 16.7. The second kappa shape index (κ2) is 8.80. The molecular weight excluding hydrogens is 479 g/mol. The van der Waals surface area contributed by atoms with Crippen molar-refractivity contribution in [2.45, 2.75) is 5.16 Å². The Hall–Kier alpha value is -2.63. The fourth-order valence-electron chi connectivity index (χ4n) is 2.38. The molecule has 0 aliphatic carbocycles. The minimum atomic E-state index is -0.306. The number of tetrazole rings is 1. The number of amides is 1. The van der Waals surface area contributed by atoms with Crippen molar-refractivity contribution in [2.24, 2.45) is 0 Å². The number of thioether (sulfide) groups is 1. The van der Waals surface area contributed by atoms with Crippen molar-refractivity contribution in [3.05, 3.63) is 64.2 Å². The topological polar surface area (TPSA) is 85.6 Å². The fourth-order valence-corrected chi connectivity index (χ4v) is 4.07. The molecule has 0 bridgehead atoms. The van der Waals surface area contributed by atoms with Crippen LogP contribution in [0.4, 0.5) is 9.52 Å². The summed E-state index contributed by atoms with van der Waals surface area (Å²) in [5.74, 6) is -0.400. The maximum atomic E-state index is 13.0. The Kier molecular flexibility index (Phi) is 5.97. The van der Waals surface area contributed by atoms with Gasteiger partial charge in [0, 0.05) is 15.4 Å². The molecule has 0 atom stereocenters. The number of carbonyl (C=O) groups is 1. The minimum Gasteiger partial charge on any atom is -0.301 e. The Bertz CT molecular complexity index is 1130. The first-order chi connectivity index (χ1) is 14.1. The highest BCUT2D eigenvalue weighted by Crippen LogP contribution is 2.25. The van der Waals surface area contributed by atoms with Crippen LogP contribution >= 0.6 is 39.0 Å². The Morgan fingerprint density at radius 1 is 1.17 bits per heavy atom. The van der Waals surface area contributed by atoms with Crippen LogP contribution in [0.5, 0.6) is 0 Å². The highest BCUT2D eigenvalue weighted by atomic mass is 79.9. The summed E-state index contributed by atoms with van der Waals surface area (Å²) < 4.78 is 15.6. The van der Waals surface area contributed by atoms with Crippen LogP contribution in [0.25, 0.3) is 16.9 Å². The summed E-state index contributed by atoms with van der Waals surface area (Å²) in [5.41, 5.74) is 2.26. The Balaban J connectivity index is 1.37. The zero-order valence-electron chi connectivity index (χ0n) is 14.6. The van der Waals surface area contributed by atoms with Gasteiger partial charge in [0.2, 0.25) is 11.1 Å². The standard InChI is InChI=1S/C18H12BrFN6OS2/c19-12-3-7-14(8-4-12)26-18(23-24-25-26)29-10-16(27)22-17-21-15(9-28-17)11-1-5-13(20)6-2-11/h1-9H,10H2,(H,21,22,27). The highest BCUT2D eigenvalue weighted by Gasteiger charge is 2.13. The van der Waals surface area contributed by atoms with E-state index < -0.39 is 0 Å². The minimum absolute atomic E-state index is 0.127. The van der Waals surface area contributed by atoms with Gasteiger partial charge in [-0.05, 0) is 59.0 Å². The molecule has 4 rings (SSSR count). The molecule has 0 aliphatic rings. The van der Waals surface area contributed by atoms with Crippen molar-refractivity contribution in [1.82, 2.24) is 25.2 Å². The smallest absolute Gasteiger partial charge is 0.236 e. The number of rotatable bonds is 6. The first-order valence-corrected chi connectivity index (χ1v) is 10.9. The van der Waals surface area contributed by atoms with E-state index in [0.29, 0.717) is 16.0 Å². The molecule has 0 spiro atoms. The average molecular weight is 491 g/mol. The molecule has 1 amide bonds. The monoisotopic (exact) mass is 490 g/mol. The summed E-state index contributed by atoms with van der Waals surface area (Å²) in [6, 6.07) is 13.6. The average Bonchev–Trinajstić information content (AvgIpc) is 3.37. The van der Waals surface area contributed by atoms with Crippen molar-refractivity contribution in [1.29, 1.82) is 0 Å². The molecule has 29 heavy (non-hydrogen) atoms. The maximum absolute atomic E-state index is 13.0. The zero-order chi connectivity index (χ0) is 20.2. The van der Waals surface area contributed by atoms with Crippen LogP contribution in [-0.4, -0.2) is 36.9 Å². The lowest BCUT2D eigenvalue weighted by Crippen LogP contribution is -2.14. The predicted octanol–water partition coefficient (Wildman–Crippen LogP) is 4.42. The lowest BCUT2D eigenvalue weighted by Gasteiger charge is -2.04. The Morgan fingerprint density at radius 2 is 1.93 bits per heavy atom. The summed E-state index contributed by atoms with van der Waals surface area (Å²) >= 11 is 5.92. The number of halogens is 2. The number of thiazole rings is 1. The largest absolute Gasteiger partial charge is 0.301 e. The summed E-state index contributed by atoms with van der Waals surface area (Å²) in [7, 11) is 0. The number of carbonyl (C=O) groups excluding carboxylic acids is 1. The van der Waals surface area contributed by atoms with E-state index in [1.54, 1.807) is 16.8 Å². The van der Waals surface area contributed by atoms with Crippen molar-refractivity contribution in [3.8, 4) is 16.9 Å². The van der Waals surface area contributed by atoms with Crippen molar-refractivity contribution >= 4 is 50.1 Å². The van der Waals surface area contributed by atoms with E-state index in [1.807, 2.05) is 29.6 Å². The van der Waals surface area contributed by atoms with Crippen molar-refractivity contribution < 1.29 is 9.18 Å². The van der Waals surface area contributed by atoms with Crippen LogP contribution in [-0.2, 0) is 4.79 Å². The third-order valence-electron chi connectivity index (χ3n) is 3.73. The predicted molar refractivity (Wildman–Crippen MR) is 114 cm³/mol. The van der Waals surface area contributed by atoms with Crippen LogP contribution in [0.15, 0.2) is 63.5 Å². The summed E-state index contributed by atoms with van der Waals surface area (Å²) in [5, 5.41) is 17.2. The molecule has 2 aromatic heterocycles. The normalized spacial score (nSPS) is 10.8. The van der Waals surface area contributed by atoms with Crippen LogP contribution in [0.1, 0.15) is 0 Å². The Morgan fingerprint density at radius 3 is 2.69 bits per heavy atom. The van der Waals surface area contributed by atoms with Gasteiger partial charge in [-0.15, -0.1) is 16.4 Å². The third-order valence-corrected chi connectivity index (χ3v) is 5.94. The quantitative estimate of drug-likeness (QED) is 0.402. The van der Waals surface area contributed by atoms with Gasteiger partial charge < -0.3 is 5.32 Å². The van der Waals surface area contributed by atoms with Gasteiger partial charge in [0.15, 0.2) is 5.13 Å². The van der Waals surface area contributed by atoms with E-state index in [9.17, 15) is 9.18 Å². The lowest BCUT2D eigenvalue weighted by atomic mass is 10.2. The Labute approximate surface area is 181 Å². The van der Waals surface area contributed by atoms with E-state index in [2.05, 4.69) is 41.8 Å². The summed E-state index contributed by atoms with van der Waals surface area (Å²) in [6.45, 7) is 0. The molecule has 0 saturated carbocycles. The van der Waals surface area contributed by atoms with Crippen molar-refractivity contribution in [2.75, 3.05) is 11.1 Å². The highest BCUT2D eigenvalue weighted by molar-refractivity contribution is 9.10. The molecule has 0 fully saturated rings. The van der Waals surface area contributed by atoms with Gasteiger partial charge >= 0.3 is 0 Å². The lowest BCUT2D eigenvalue weighted by molar-refractivity contribution is -0.113. The molecular formula is C18H12BrFN6OS2. The first kappa shape index (κ1) is 19.7. The van der Waals surface area contributed by atoms with E-state index in [1.165, 1.54) is 35.2 Å². The second-order valence-electron chi connectivity index (χ2n) is 5.73. The maximum Gasteiger partial charge on any atom is 0.236 e.